The number of fused-ring (bicyclic) bond motifs is 15. The molecule has 0 fully saturated rings. The highest BCUT2D eigenvalue weighted by atomic mass is 16.3. The van der Waals surface area contributed by atoms with Crippen LogP contribution in [-0.2, 0) is 0 Å². The minimum absolute atomic E-state index is 0.498. The van der Waals surface area contributed by atoms with Gasteiger partial charge in [-0.15, -0.1) is 0 Å². The molecule has 0 bridgehead atoms. The SMILES string of the molecule is c1ccc(-c2cccc3c2c2ccccc2n3-c2nc(-c3ccc(-c4ccc5c(c4)c4ccccc4n5-c4nc(-c5cccc(-c6cccc7oc8ccccc8c67)c5)nc(-n5c6ccccc6c6ccccc65)n4)cc3)nc(-n3c4ccccc4c4ccccc43)n2)cc1. The highest BCUT2D eigenvalue weighted by Gasteiger charge is 2.25. The van der Waals surface area contributed by atoms with Crippen molar-refractivity contribution < 1.29 is 4.42 Å². The second-order valence-electron chi connectivity index (χ2n) is 24.2. The first-order chi connectivity index (χ1) is 47.1. The molecule has 0 radical (unpaired) electrons. The quantitative estimate of drug-likeness (QED) is 0.142. The number of aromatic nitrogens is 10. The highest BCUT2D eigenvalue weighted by Crippen LogP contribution is 2.43. The molecule has 20 aromatic rings. The molecule has 7 heterocycles. The summed E-state index contributed by atoms with van der Waals surface area (Å²) in [5, 5.41) is 11.0. The largest absolute Gasteiger partial charge is 0.456 e. The summed E-state index contributed by atoms with van der Waals surface area (Å²) in [6.07, 6.45) is 0. The minimum Gasteiger partial charge on any atom is -0.456 e. The predicted molar refractivity (Wildman–Crippen MR) is 385 cm³/mol. The number of para-hydroxylation sites is 7. The summed E-state index contributed by atoms with van der Waals surface area (Å²) in [7, 11) is 0. The molecule has 20 rings (SSSR count). The molecule has 0 saturated carbocycles. The molecule has 0 aliphatic heterocycles. The van der Waals surface area contributed by atoms with Crippen molar-refractivity contribution in [1.82, 2.24) is 48.2 Å². The lowest BCUT2D eigenvalue weighted by Crippen LogP contribution is -2.10. The topological polar surface area (TPSA) is 110 Å². The van der Waals surface area contributed by atoms with Gasteiger partial charge in [0, 0.05) is 65.0 Å². The van der Waals surface area contributed by atoms with Crippen LogP contribution >= 0.6 is 0 Å². The molecular weight excluding hydrogens is 1160 g/mol. The van der Waals surface area contributed by atoms with Gasteiger partial charge in [0.25, 0.3) is 0 Å². The Labute approximate surface area is 542 Å². The molecule has 0 saturated heterocycles. The van der Waals surface area contributed by atoms with Crippen LogP contribution in [0, 0.1) is 0 Å². The Morgan fingerprint density at radius 2 is 0.568 bits per heavy atom. The molecular formula is C84H50N10O. The monoisotopic (exact) mass is 1210 g/mol. The first kappa shape index (κ1) is 52.6. The Bertz CT molecular complexity index is 6440. The first-order valence-electron chi connectivity index (χ1n) is 31.8. The van der Waals surface area contributed by atoms with E-state index in [1.165, 1.54) is 0 Å². The van der Waals surface area contributed by atoms with Gasteiger partial charge in [0.15, 0.2) is 11.6 Å². The number of benzene rings is 13. The summed E-state index contributed by atoms with van der Waals surface area (Å²) >= 11 is 0. The molecule has 0 N–H and O–H groups in total. The number of hydrogen-bond acceptors (Lipinski definition) is 7. The summed E-state index contributed by atoms with van der Waals surface area (Å²) < 4.78 is 15.1. The average Bonchev–Trinajstić information content (AvgIpc) is 1.61. The van der Waals surface area contributed by atoms with Crippen molar-refractivity contribution >= 4 is 109 Å². The maximum absolute atomic E-state index is 6.37. The molecule has 0 unspecified atom stereocenters. The Balaban J connectivity index is 0.740. The van der Waals surface area contributed by atoms with Crippen molar-refractivity contribution in [3.63, 3.8) is 0 Å². The zero-order valence-corrected chi connectivity index (χ0v) is 50.7. The summed E-state index contributed by atoms with van der Waals surface area (Å²) in [4.78, 5) is 32.7. The normalized spacial score (nSPS) is 12.0. The third-order valence-corrected chi connectivity index (χ3v) is 18.9. The maximum atomic E-state index is 6.37. The molecule has 0 atom stereocenters. The average molecular weight is 1220 g/mol. The smallest absolute Gasteiger partial charge is 0.240 e. The van der Waals surface area contributed by atoms with Crippen LogP contribution in [0.25, 0.3) is 189 Å². The fourth-order valence-electron chi connectivity index (χ4n) is 14.8. The van der Waals surface area contributed by atoms with Crippen LogP contribution < -0.4 is 0 Å². The second kappa shape index (κ2) is 20.7. The lowest BCUT2D eigenvalue weighted by atomic mass is 9.98. The van der Waals surface area contributed by atoms with Crippen LogP contribution in [0.5, 0.6) is 0 Å². The molecule has 13 aromatic carbocycles. The molecule has 11 heteroatoms. The fraction of sp³-hybridized carbons (Fsp3) is 0. The zero-order chi connectivity index (χ0) is 62.2. The molecule has 0 aliphatic rings. The van der Waals surface area contributed by atoms with E-state index in [4.69, 9.17) is 34.3 Å². The van der Waals surface area contributed by atoms with Crippen molar-refractivity contribution in [3.8, 4) is 79.9 Å². The van der Waals surface area contributed by atoms with Crippen LogP contribution in [-0.4, -0.2) is 48.2 Å². The van der Waals surface area contributed by atoms with E-state index in [-0.39, 0.29) is 0 Å². The summed E-state index contributed by atoms with van der Waals surface area (Å²) in [5.74, 6) is 3.15. The number of nitrogens with zero attached hydrogens (tertiary/aromatic N) is 10. The summed E-state index contributed by atoms with van der Waals surface area (Å²) in [6.45, 7) is 0. The maximum Gasteiger partial charge on any atom is 0.240 e. The molecule has 7 aromatic heterocycles. The van der Waals surface area contributed by atoms with Crippen LogP contribution in [0.3, 0.4) is 0 Å². The van der Waals surface area contributed by atoms with E-state index in [0.29, 0.717) is 35.4 Å². The molecule has 442 valence electrons. The molecule has 0 aliphatic carbocycles. The van der Waals surface area contributed by atoms with E-state index in [0.717, 1.165) is 154 Å². The second-order valence-corrected chi connectivity index (χ2v) is 24.2. The Morgan fingerprint density at radius 3 is 1.14 bits per heavy atom. The summed E-state index contributed by atoms with van der Waals surface area (Å²) in [6, 6.07) is 106. The zero-order valence-electron chi connectivity index (χ0n) is 50.7. The molecule has 0 amide bonds. The van der Waals surface area contributed by atoms with Crippen LogP contribution in [0.15, 0.2) is 308 Å². The van der Waals surface area contributed by atoms with Gasteiger partial charge >= 0.3 is 0 Å². The van der Waals surface area contributed by atoms with Gasteiger partial charge in [-0.3, -0.25) is 18.3 Å². The Kier molecular flexibility index (Phi) is 11.5. The van der Waals surface area contributed by atoms with Gasteiger partial charge in [-0.2, -0.15) is 29.9 Å². The Hall–Kier alpha value is -13.1. The van der Waals surface area contributed by atoms with Crippen molar-refractivity contribution in [2.24, 2.45) is 0 Å². The molecule has 95 heavy (non-hydrogen) atoms. The highest BCUT2D eigenvalue weighted by molar-refractivity contribution is 6.17. The van der Waals surface area contributed by atoms with Gasteiger partial charge in [0.2, 0.25) is 23.8 Å². The lowest BCUT2D eigenvalue weighted by molar-refractivity contribution is 0.669. The van der Waals surface area contributed by atoms with E-state index in [9.17, 15) is 0 Å². The minimum atomic E-state index is 0.498. The van der Waals surface area contributed by atoms with Crippen molar-refractivity contribution in [2.45, 2.75) is 0 Å². The third kappa shape index (κ3) is 8.12. The van der Waals surface area contributed by atoms with E-state index >= 15 is 0 Å². The van der Waals surface area contributed by atoms with Gasteiger partial charge in [-0.1, -0.05) is 231 Å². The van der Waals surface area contributed by atoms with Gasteiger partial charge in [-0.25, -0.2) is 0 Å². The summed E-state index contributed by atoms with van der Waals surface area (Å²) in [5.41, 5.74) is 17.8. The van der Waals surface area contributed by atoms with Crippen molar-refractivity contribution in [3.05, 3.63) is 303 Å². The van der Waals surface area contributed by atoms with Crippen molar-refractivity contribution in [1.29, 1.82) is 0 Å². The Morgan fingerprint density at radius 1 is 0.200 bits per heavy atom. The predicted octanol–water partition coefficient (Wildman–Crippen LogP) is 20.7. The van der Waals surface area contributed by atoms with E-state index in [1.807, 2.05) is 18.2 Å². The molecule has 0 spiro atoms. The van der Waals surface area contributed by atoms with E-state index < -0.39 is 0 Å². The number of rotatable bonds is 9. The van der Waals surface area contributed by atoms with E-state index in [2.05, 4.69) is 303 Å². The van der Waals surface area contributed by atoms with Gasteiger partial charge < -0.3 is 4.42 Å². The van der Waals surface area contributed by atoms with Gasteiger partial charge in [0.1, 0.15) is 11.2 Å². The fourth-order valence-corrected chi connectivity index (χ4v) is 14.8. The standard InChI is InChI=1S/C84H50N10O/c1-2-21-52(22-3-1)57-32-19-40-74-77(57)64-30-9-16-39-72(64)94(74)84-86-79(85-81(90-84)91-67-34-11-4-25-59(67)60-26-5-12-35-68(60)91)53-45-43-51(44-46-53)54-47-48-73-66(50-54)63-29-8-15-38-71(63)93(73)83-88-80(87-82(89-83)92-69-36-13-6-27-61(69)62-28-7-14-37-70(62)92)56-24-18-23-55(49-56)58-33-20-42-76-78(58)65-31-10-17-41-75(65)95-76/h1-50H. The van der Waals surface area contributed by atoms with Gasteiger partial charge in [0.05, 0.1) is 44.1 Å². The first-order valence-corrected chi connectivity index (χ1v) is 31.8. The van der Waals surface area contributed by atoms with Crippen LogP contribution in [0.4, 0.5) is 0 Å². The number of hydrogen-bond donors (Lipinski definition) is 0. The third-order valence-electron chi connectivity index (χ3n) is 18.9. The van der Waals surface area contributed by atoms with Crippen LogP contribution in [0.2, 0.25) is 0 Å². The van der Waals surface area contributed by atoms with Crippen molar-refractivity contribution in [2.75, 3.05) is 0 Å². The van der Waals surface area contributed by atoms with Gasteiger partial charge in [-0.05, 0) is 106 Å². The lowest BCUT2D eigenvalue weighted by Gasteiger charge is -2.13. The number of furan rings is 1. The molecule has 11 nitrogen and oxygen atoms in total. The van der Waals surface area contributed by atoms with E-state index in [1.54, 1.807) is 0 Å². The van der Waals surface area contributed by atoms with Crippen LogP contribution in [0.1, 0.15) is 0 Å².